The number of urea groups is 1. The number of halogens is 1. The van der Waals surface area contributed by atoms with Crippen molar-refractivity contribution >= 4 is 11.7 Å². The zero-order valence-electron chi connectivity index (χ0n) is 20.7. The molecule has 8 nitrogen and oxygen atoms in total. The lowest BCUT2D eigenvalue weighted by atomic mass is 9.58. The normalized spacial score (nSPS) is 43.4. The molecule has 1 spiro atoms. The zero-order chi connectivity index (χ0) is 24.4. The summed E-state index contributed by atoms with van der Waals surface area (Å²) in [5.74, 6) is 0.323. The van der Waals surface area contributed by atoms with E-state index in [0.29, 0.717) is 43.7 Å². The van der Waals surface area contributed by atoms with Gasteiger partial charge in [-0.2, -0.15) is 0 Å². The number of nitrogens with zero attached hydrogens (tertiary/aromatic N) is 2. The van der Waals surface area contributed by atoms with Crippen LogP contribution in [0.4, 0.5) is 14.9 Å². The van der Waals surface area contributed by atoms with Gasteiger partial charge in [-0.1, -0.05) is 13.8 Å². The van der Waals surface area contributed by atoms with E-state index in [1.807, 2.05) is 6.92 Å². The van der Waals surface area contributed by atoms with Gasteiger partial charge in [0.1, 0.15) is 12.0 Å². The van der Waals surface area contributed by atoms with Gasteiger partial charge in [-0.05, 0) is 62.3 Å². The smallest absolute Gasteiger partial charge is 0.321 e. The molecule has 1 aromatic carbocycles. The Morgan fingerprint density at radius 1 is 1.03 bits per heavy atom. The molecule has 6 fully saturated rings. The number of fused-ring (bicyclic) bond motifs is 2. The van der Waals surface area contributed by atoms with E-state index < -0.39 is 17.7 Å². The summed E-state index contributed by atoms with van der Waals surface area (Å²) in [6.07, 6.45) is 3.52. The van der Waals surface area contributed by atoms with Gasteiger partial charge in [0.05, 0.1) is 0 Å². The Kier molecular flexibility index (Phi) is 5.84. The van der Waals surface area contributed by atoms with Gasteiger partial charge in [0.25, 0.3) is 0 Å². The van der Waals surface area contributed by atoms with Crippen molar-refractivity contribution in [1.29, 1.82) is 0 Å². The maximum atomic E-state index is 13.2. The number of carbonyl (C=O) groups excluding carboxylic acids is 1. The third kappa shape index (κ3) is 3.87. The van der Waals surface area contributed by atoms with Gasteiger partial charge < -0.3 is 19.7 Å². The second kappa shape index (κ2) is 8.66. The van der Waals surface area contributed by atoms with E-state index in [4.69, 9.17) is 19.2 Å². The minimum Gasteiger partial charge on any atom is -0.331 e. The number of amides is 2. The average molecular weight is 490 g/mol. The summed E-state index contributed by atoms with van der Waals surface area (Å²) in [6, 6.07) is 5.66. The molecule has 1 aliphatic carbocycles. The molecule has 1 saturated carbocycles. The van der Waals surface area contributed by atoms with Crippen molar-refractivity contribution in [2.45, 2.75) is 70.4 Å². The monoisotopic (exact) mass is 489 g/mol. The number of piperazine rings is 1. The summed E-state index contributed by atoms with van der Waals surface area (Å²) >= 11 is 0. The molecule has 9 heteroatoms. The lowest BCUT2D eigenvalue weighted by Crippen LogP contribution is -2.72. The van der Waals surface area contributed by atoms with Gasteiger partial charge in [0.2, 0.25) is 5.79 Å². The summed E-state index contributed by atoms with van der Waals surface area (Å²) in [7, 11) is 0. The molecule has 192 valence electrons. The van der Waals surface area contributed by atoms with Crippen LogP contribution in [0.3, 0.4) is 0 Å². The van der Waals surface area contributed by atoms with Crippen LogP contribution in [-0.4, -0.2) is 65.9 Å². The van der Waals surface area contributed by atoms with E-state index in [1.165, 1.54) is 18.6 Å². The van der Waals surface area contributed by atoms with Crippen LogP contribution in [0.5, 0.6) is 0 Å². The molecule has 2 amide bonds. The Balaban J connectivity index is 1.15. The lowest BCUT2D eigenvalue weighted by Gasteiger charge is -2.61. The lowest BCUT2D eigenvalue weighted by molar-refractivity contribution is -0.574. The predicted octanol–water partition coefficient (Wildman–Crippen LogP) is 4.18. The molecule has 5 saturated heterocycles. The number of rotatable bonds is 2. The Morgan fingerprint density at radius 2 is 1.77 bits per heavy atom. The van der Waals surface area contributed by atoms with Gasteiger partial charge in [-0.3, -0.25) is 4.90 Å². The Morgan fingerprint density at radius 3 is 2.51 bits per heavy atom. The number of benzene rings is 1. The summed E-state index contributed by atoms with van der Waals surface area (Å²) < 4.78 is 26.4. The van der Waals surface area contributed by atoms with Gasteiger partial charge in [-0.15, -0.1) is 0 Å². The minimum absolute atomic E-state index is 0.0986. The summed E-state index contributed by atoms with van der Waals surface area (Å²) in [6.45, 7) is 9.16. The zero-order valence-corrected chi connectivity index (χ0v) is 20.7. The standard InChI is InChI=1S/C26H36FN3O5/c1-16-4-9-21-17(2)22(32-23-26(21)20(16)10-11-25(3,33-23)34-35-26)29-12-14-30(15-13-29)24(31)28-19-7-5-18(27)6-8-19/h5-8,16-17,20-23H,4,9-15H2,1-3H3,(H,28,31)/t16-,17-,20+,21+,22-,23-,25+,26-/m1/s1. The highest BCUT2D eigenvalue weighted by Gasteiger charge is 2.69. The summed E-state index contributed by atoms with van der Waals surface area (Å²) in [5.41, 5.74) is 0.0335. The third-order valence-electron chi connectivity index (χ3n) is 9.18. The van der Waals surface area contributed by atoms with Crippen molar-refractivity contribution in [2.75, 3.05) is 31.5 Å². The van der Waals surface area contributed by atoms with Crippen LogP contribution in [0, 0.1) is 29.5 Å². The number of hydrogen-bond donors (Lipinski definition) is 1. The highest BCUT2D eigenvalue weighted by atomic mass is 19.1. The molecule has 0 unspecified atom stereocenters. The van der Waals surface area contributed by atoms with Crippen molar-refractivity contribution in [3.05, 3.63) is 30.1 Å². The van der Waals surface area contributed by atoms with Crippen LogP contribution >= 0.6 is 0 Å². The molecular weight excluding hydrogens is 453 g/mol. The van der Waals surface area contributed by atoms with E-state index in [2.05, 4.69) is 24.1 Å². The van der Waals surface area contributed by atoms with Crippen LogP contribution in [0.15, 0.2) is 24.3 Å². The molecule has 1 N–H and O–H groups in total. The van der Waals surface area contributed by atoms with Crippen molar-refractivity contribution in [3.63, 3.8) is 0 Å². The van der Waals surface area contributed by atoms with Crippen LogP contribution in [0.25, 0.3) is 0 Å². The molecular formula is C26H36FN3O5. The Labute approximate surface area is 205 Å². The third-order valence-corrected chi connectivity index (χ3v) is 9.18. The van der Waals surface area contributed by atoms with Crippen molar-refractivity contribution < 1.29 is 28.4 Å². The SMILES string of the molecule is C[C@H]1[C@H](N2CCN(C(=O)Nc3ccc(F)cc3)CC2)O[C@@H]2O[C@]3(C)CC[C@H]4[C@H](C)CC[C@@H]1[C@@]24OO3. The number of ether oxygens (including phenoxy) is 2. The molecule has 5 aliphatic heterocycles. The van der Waals surface area contributed by atoms with Gasteiger partial charge in [0, 0.05) is 50.1 Å². The minimum atomic E-state index is -0.778. The average Bonchev–Trinajstić information content (AvgIpc) is 3.09. The van der Waals surface area contributed by atoms with E-state index in [0.717, 1.165) is 19.3 Å². The summed E-state index contributed by atoms with van der Waals surface area (Å²) in [5, 5.41) is 2.86. The van der Waals surface area contributed by atoms with Crippen molar-refractivity contribution in [1.82, 2.24) is 9.80 Å². The first kappa shape index (κ1) is 23.6. The number of nitrogens with one attached hydrogen (secondary N) is 1. The van der Waals surface area contributed by atoms with Crippen LogP contribution in [-0.2, 0) is 19.2 Å². The molecule has 6 aliphatic rings. The van der Waals surface area contributed by atoms with Crippen molar-refractivity contribution in [3.8, 4) is 0 Å². The maximum Gasteiger partial charge on any atom is 0.321 e. The molecule has 0 aromatic heterocycles. The first-order valence-electron chi connectivity index (χ1n) is 13.0. The van der Waals surface area contributed by atoms with E-state index >= 15 is 0 Å². The van der Waals surface area contributed by atoms with E-state index in [-0.39, 0.29) is 29.9 Å². The highest BCUT2D eigenvalue weighted by molar-refractivity contribution is 5.89. The molecule has 1 aromatic rings. The molecule has 5 heterocycles. The van der Waals surface area contributed by atoms with Crippen LogP contribution in [0.1, 0.15) is 46.5 Å². The number of carbonyl (C=O) groups is 1. The van der Waals surface area contributed by atoms with Gasteiger partial charge >= 0.3 is 6.03 Å². The number of anilines is 1. The van der Waals surface area contributed by atoms with Crippen LogP contribution in [0.2, 0.25) is 0 Å². The quantitative estimate of drug-likeness (QED) is 0.629. The second-order valence-electron chi connectivity index (χ2n) is 11.3. The maximum absolute atomic E-state index is 13.2. The highest BCUT2D eigenvalue weighted by Crippen LogP contribution is 2.60. The fraction of sp³-hybridized carbons (Fsp3) is 0.731. The Hall–Kier alpha value is -1.78. The Bertz CT molecular complexity index is 957. The van der Waals surface area contributed by atoms with Gasteiger partial charge in [-0.25, -0.2) is 19.0 Å². The van der Waals surface area contributed by atoms with E-state index in [9.17, 15) is 9.18 Å². The van der Waals surface area contributed by atoms with E-state index in [1.54, 1.807) is 17.0 Å². The summed E-state index contributed by atoms with van der Waals surface area (Å²) in [4.78, 5) is 29.1. The van der Waals surface area contributed by atoms with Gasteiger partial charge in [0.15, 0.2) is 11.9 Å². The van der Waals surface area contributed by atoms with Crippen LogP contribution < -0.4 is 5.32 Å². The molecule has 7 rings (SSSR count). The predicted molar refractivity (Wildman–Crippen MR) is 125 cm³/mol. The molecule has 2 bridgehead atoms. The second-order valence-corrected chi connectivity index (χ2v) is 11.3. The largest absolute Gasteiger partial charge is 0.331 e. The van der Waals surface area contributed by atoms with Crippen molar-refractivity contribution in [2.24, 2.45) is 23.7 Å². The first-order valence-corrected chi connectivity index (χ1v) is 13.0. The molecule has 8 atom stereocenters. The fourth-order valence-corrected chi connectivity index (χ4v) is 7.22. The first-order chi connectivity index (χ1) is 16.8. The molecule has 0 radical (unpaired) electrons. The topological polar surface area (TPSA) is 72.5 Å². The fourth-order valence-electron chi connectivity index (χ4n) is 7.22. The molecule has 35 heavy (non-hydrogen) atoms. The number of hydrogen-bond acceptors (Lipinski definition) is 6.